The van der Waals surface area contributed by atoms with Crippen molar-refractivity contribution in [3.05, 3.63) is 93.1 Å². The Labute approximate surface area is 273 Å². The number of rotatable bonds is 10. The molecule has 1 aliphatic heterocycles. The monoisotopic (exact) mass is 656 g/mol. The first-order valence-corrected chi connectivity index (χ1v) is 15.0. The van der Waals surface area contributed by atoms with Crippen molar-refractivity contribution in [3.8, 4) is 57.3 Å². The summed E-state index contributed by atoms with van der Waals surface area (Å²) in [7, 11) is 2.69. The third kappa shape index (κ3) is 5.95. The van der Waals surface area contributed by atoms with Crippen molar-refractivity contribution in [2.75, 3.05) is 27.4 Å². The van der Waals surface area contributed by atoms with Crippen LogP contribution in [0.15, 0.2) is 69.9 Å². The number of phenolic OH excluding ortho intramolecular Hbond substituents is 4. The van der Waals surface area contributed by atoms with E-state index >= 15 is 0 Å². The highest BCUT2D eigenvalue weighted by molar-refractivity contribution is 5.92. The molecule has 0 bridgehead atoms. The molecule has 0 amide bonds. The van der Waals surface area contributed by atoms with E-state index in [0.717, 1.165) is 41.5 Å². The zero-order chi connectivity index (χ0) is 34.1. The fourth-order valence-electron chi connectivity index (χ4n) is 5.87. The Morgan fingerprint density at radius 2 is 1.69 bits per heavy atom. The molecule has 12 heteroatoms. The van der Waals surface area contributed by atoms with Gasteiger partial charge in [0.15, 0.2) is 28.8 Å². The number of esters is 1. The maximum atomic E-state index is 13.4. The molecule has 48 heavy (non-hydrogen) atoms. The highest BCUT2D eigenvalue weighted by atomic mass is 16.5. The molecular weight excluding hydrogens is 624 g/mol. The van der Waals surface area contributed by atoms with E-state index in [1.165, 1.54) is 20.3 Å². The molecule has 2 heterocycles. The zero-order valence-corrected chi connectivity index (χ0v) is 26.0. The van der Waals surface area contributed by atoms with Gasteiger partial charge in [-0.25, -0.2) is 0 Å². The van der Waals surface area contributed by atoms with Gasteiger partial charge in [-0.05, 0) is 53.1 Å². The van der Waals surface area contributed by atoms with E-state index in [1.807, 2.05) is 12.1 Å². The second-order valence-electron chi connectivity index (χ2n) is 11.2. The lowest BCUT2D eigenvalue weighted by atomic mass is 9.86. The van der Waals surface area contributed by atoms with Gasteiger partial charge in [0.25, 0.3) is 0 Å². The highest BCUT2D eigenvalue weighted by Gasteiger charge is 2.30. The van der Waals surface area contributed by atoms with Crippen LogP contribution in [0.25, 0.3) is 22.3 Å². The summed E-state index contributed by atoms with van der Waals surface area (Å²) < 4.78 is 28.2. The van der Waals surface area contributed by atoms with Crippen molar-refractivity contribution >= 4 is 16.9 Å². The fraction of sp³-hybridized carbons (Fsp3) is 0.222. The van der Waals surface area contributed by atoms with Gasteiger partial charge in [0.1, 0.15) is 28.2 Å². The first kappa shape index (κ1) is 31.9. The summed E-state index contributed by atoms with van der Waals surface area (Å²) in [5.41, 5.74) is 1.23. The van der Waals surface area contributed by atoms with E-state index in [4.69, 9.17) is 23.4 Å². The van der Waals surface area contributed by atoms with Gasteiger partial charge in [-0.2, -0.15) is 0 Å². The maximum Gasteiger partial charge on any atom is 0.306 e. The Kier molecular flexibility index (Phi) is 8.64. The van der Waals surface area contributed by atoms with Crippen LogP contribution in [0.4, 0.5) is 0 Å². The topological polar surface area (TPSA) is 185 Å². The zero-order valence-electron chi connectivity index (χ0n) is 26.0. The van der Waals surface area contributed by atoms with E-state index in [0.29, 0.717) is 30.1 Å². The Hall–Kier alpha value is -6.04. The Morgan fingerprint density at radius 3 is 2.44 bits per heavy atom. The average molecular weight is 657 g/mol. The van der Waals surface area contributed by atoms with Crippen LogP contribution in [0.3, 0.4) is 0 Å². The maximum absolute atomic E-state index is 13.4. The van der Waals surface area contributed by atoms with Crippen LogP contribution in [-0.4, -0.2) is 58.9 Å². The van der Waals surface area contributed by atoms with Crippen molar-refractivity contribution in [1.82, 2.24) is 0 Å². The normalized spacial score (nSPS) is 12.7. The van der Waals surface area contributed by atoms with Crippen molar-refractivity contribution in [2.45, 2.75) is 25.2 Å². The van der Waals surface area contributed by atoms with Crippen LogP contribution in [0.1, 0.15) is 34.6 Å². The number of benzene rings is 4. The quantitative estimate of drug-likeness (QED) is 0.0973. The SMILES string of the molecule is COC(=O)C[C@H](c1ccc(OC)c(OCCc2ccc3c(c2)CCO3)c1)c1c(O)cc(O)c2c(=O)c(O)c(-c3ccc(O)c(O)c3)oc12. The van der Waals surface area contributed by atoms with Crippen LogP contribution < -0.4 is 19.6 Å². The molecule has 5 N–H and O–H groups in total. The lowest BCUT2D eigenvalue weighted by Gasteiger charge is -2.22. The van der Waals surface area contributed by atoms with Gasteiger partial charge < -0.3 is 48.9 Å². The van der Waals surface area contributed by atoms with Gasteiger partial charge in [-0.3, -0.25) is 9.59 Å². The molecule has 0 radical (unpaired) electrons. The number of hydrogen-bond donors (Lipinski definition) is 5. The summed E-state index contributed by atoms with van der Waals surface area (Å²) in [6.07, 6.45) is 1.09. The van der Waals surface area contributed by atoms with Crippen molar-refractivity contribution in [3.63, 3.8) is 0 Å². The molecule has 0 unspecified atom stereocenters. The Bertz CT molecular complexity index is 2100. The number of ether oxygens (including phenoxy) is 4. The standard InChI is InChI=1S/C36H32O12/c1-44-28-8-5-19(15-29(28)47-11-9-18-3-7-27-20(13-18)10-12-46-27)22(16-30(41)45-2)31-25(39)17-26(40)32-33(42)34(43)35(48-36(31)32)21-4-6-23(37)24(38)14-21/h3-8,13-15,17,22,37-40,43H,9-12,16H2,1-2H3/t22-/m1/s1. The first-order chi connectivity index (χ1) is 23.1. The summed E-state index contributed by atoms with van der Waals surface area (Å²) in [6.45, 7) is 0.940. The van der Waals surface area contributed by atoms with E-state index in [2.05, 4.69) is 6.07 Å². The molecule has 1 aromatic heterocycles. The minimum atomic E-state index is -1.04. The average Bonchev–Trinajstić information content (AvgIpc) is 3.55. The summed E-state index contributed by atoms with van der Waals surface area (Å²) >= 11 is 0. The second kappa shape index (κ2) is 13.0. The molecule has 1 aliphatic rings. The molecule has 12 nitrogen and oxygen atoms in total. The number of aromatic hydroxyl groups is 5. The van der Waals surface area contributed by atoms with Crippen molar-refractivity contribution in [1.29, 1.82) is 0 Å². The smallest absolute Gasteiger partial charge is 0.306 e. The summed E-state index contributed by atoms with van der Waals surface area (Å²) in [6, 6.07) is 15.3. The molecule has 248 valence electrons. The van der Waals surface area contributed by atoms with Gasteiger partial charge in [0.2, 0.25) is 11.2 Å². The molecular formula is C36H32O12. The van der Waals surface area contributed by atoms with Crippen LogP contribution in [0, 0.1) is 0 Å². The number of phenols is 4. The summed E-state index contributed by atoms with van der Waals surface area (Å²) in [4.78, 5) is 26.2. The second-order valence-corrected chi connectivity index (χ2v) is 11.2. The summed E-state index contributed by atoms with van der Waals surface area (Å²) in [5.74, 6) is -3.55. The molecule has 1 atom stereocenters. The number of carbonyl (C=O) groups excluding carboxylic acids is 1. The van der Waals surface area contributed by atoms with Crippen LogP contribution in [0.2, 0.25) is 0 Å². The fourth-order valence-corrected chi connectivity index (χ4v) is 5.87. The van der Waals surface area contributed by atoms with Crippen molar-refractivity contribution < 1.29 is 53.7 Å². The molecule has 6 rings (SSSR count). The lowest BCUT2D eigenvalue weighted by molar-refractivity contribution is -0.140. The van der Waals surface area contributed by atoms with Gasteiger partial charge in [0, 0.05) is 36.0 Å². The molecule has 0 aliphatic carbocycles. The van der Waals surface area contributed by atoms with Gasteiger partial charge in [-0.1, -0.05) is 18.2 Å². The number of carbonyl (C=O) groups is 1. The Balaban J connectivity index is 1.45. The number of hydrogen-bond acceptors (Lipinski definition) is 12. The van der Waals surface area contributed by atoms with Crippen LogP contribution in [0.5, 0.6) is 46.0 Å². The molecule has 0 fully saturated rings. The largest absolute Gasteiger partial charge is 0.507 e. The van der Waals surface area contributed by atoms with Gasteiger partial charge >= 0.3 is 5.97 Å². The minimum absolute atomic E-state index is 0.0103. The van der Waals surface area contributed by atoms with Gasteiger partial charge in [0.05, 0.1) is 33.9 Å². The van der Waals surface area contributed by atoms with E-state index in [-0.39, 0.29) is 29.7 Å². The van der Waals surface area contributed by atoms with Crippen molar-refractivity contribution in [2.24, 2.45) is 0 Å². The molecule has 5 aromatic rings. The third-order valence-corrected chi connectivity index (χ3v) is 8.32. The number of fused-ring (bicyclic) bond motifs is 2. The predicted octanol–water partition coefficient (Wildman–Crippen LogP) is 5.25. The molecule has 4 aromatic carbocycles. The van der Waals surface area contributed by atoms with Gasteiger partial charge in [-0.15, -0.1) is 0 Å². The van der Waals surface area contributed by atoms with Crippen LogP contribution in [-0.2, 0) is 22.4 Å². The first-order valence-electron chi connectivity index (χ1n) is 15.0. The van der Waals surface area contributed by atoms with E-state index in [1.54, 1.807) is 18.2 Å². The third-order valence-electron chi connectivity index (χ3n) is 8.32. The molecule has 0 saturated carbocycles. The highest BCUT2D eigenvalue weighted by Crippen LogP contribution is 2.46. The predicted molar refractivity (Wildman–Crippen MR) is 173 cm³/mol. The summed E-state index contributed by atoms with van der Waals surface area (Å²) in [5, 5.41) is 52.1. The minimum Gasteiger partial charge on any atom is -0.507 e. The lowest BCUT2D eigenvalue weighted by Crippen LogP contribution is -2.13. The molecule has 0 spiro atoms. The van der Waals surface area contributed by atoms with Crippen LogP contribution >= 0.6 is 0 Å². The molecule has 0 saturated heterocycles. The Morgan fingerprint density at radius 1 is 0.875 bits per heavy atom. The number of methoxy groups -OCH3 is 2. The van der Waals surface area contributed by atoms with E-state index in [9.17, 15) is 35.1 Å². The van der Waals surface area contributed by atoms with E-state index < -0.39 is 57.2 Å².